The fraction of sp³-hybridized carbons (Fsp3) is 0.333. The molecule has 0 radical (unpaired) electrons. The molecule has 3 heteroatoms. The molecule has 2 aromatic carbocycles. The highest BCUT2D eigenvalue weighted by molar-refractivity contribution is 5.69. The summed E-state index contributed by atoms with van der Waals surface area (Å²) >= 11 is 0. The van der Waals surface area contributed by atoms with Crippen LogP contribution in [0.1, 0.15) is 23.1 Å². The topological polar surface area (TPSA) is 12.5 Å². The molecule has 0 amide bonds. The number of halogens is 1. The van der Waals surface area contributed by atoms with Crippen molar-refractivity contribution in [2.45, 2.75) is 32.0 Å². The molecule has 2 unspecified atom stereocenters. The minimum Gasteiger partial charge on any atom is -0.378 e. The zero-order chi connectivity index (χ0) is 16.5. The number of nitrogens with zero attached hydrogens (tertiary/aromatic N) is 1. The van der Waals surface area contributed by atoms with E-state index in [1.807, 2.05) is 31.2 Å². The van der Waals surface area contributed by atoms with Gasteiger partial charge in [0.05, 0.1) is 19.3 Å². The summed E-state index contributed by atoms with van der Waals surface area (Å²) in [7, 11) is 0. The third-order valence-electron chi connectivity index (χ3n) is 5.09. The maximum Gasteiger partial charge on any atom is 0.133 e. The van der Waals surface area contributed by atoms with Crippen molar-refractivity contribution >= 4 is 5.57 Å². The van der Waals surface area contributed by atoms with E-state index in [1.165, 1.54) is 5.56 Å². The number of aryl methyl sites for hydroxylation is 1. The number of ether oxygens (including phenoxy) is 1. The van der Waals surface area contributed by atoms with Crippen LogP contribution in [0.15, 0.2) is 54.6 Å². The van der Waals surface area contributed by atoms with Crippen LogP contribution >= 0.6 is 0 Å². The predicted molar refractivity (Wildman–Crippen MR) is 94.1 cm³/mol. The molecule has 2 aromatic rings. The first-order chi connectivity index (χ1) is 11.7. The molecule has 2 heterocycles. The van der Waals surface area contributed by atoms with Gasteiger partial charge in [-0.3, -0.25) is 4.90 Å². The molecule has 2 atom stereocenters. The summed E-state index contributed by atoms with van der Waals surface area (Å²) in [6.07, 6.45) is 3.04. The van der Waals surface area contributed by atoms with Gasteiger partial charge in [-0.25, -0.2) is 4.39 Å². The lowest BCUT2D eigenvalue weighted by Gasteiger charge is -2.45. The van der Waals surface area contributed by atoms with Crippen molar-refractivity contribution in [1.82, 2.24) is 4.90 Å². The average molecular weight is 323 g/mol. The number of benzene rings is 2. The molecule has 124 valence electrons. The Morgan fingerprint density at radius 1 is 1.08 bits per heavy atom. The van der Waals surface area contributed by atoms with E-state index < -0.39 is 0 Å². The molecule has 1 saturated heterocycles. The van der Waals surface area contributed by atoms with E-state index >= 15 is 0 Å². The maximum atomic E-state index is 14.5. The molecular formula is C21H22FNO. The molecule has 0 aromatic heterocycles. The summed E-state index contributed by atoms with van der Waals surface area (Å²) < 4.78 is 20.3. The summed E-state index contributed by atoms with van der Waals surface area (Å²) in [5, 5.41) is 0. The van der Waals surface area contributed by atoms with Crippen molar-refractivity contribution in [2.24, 2.45) is 0 Å². The number of fused-ring (bicyclic) bond motifs is 2. The van der Waals surface area contributed by atoms with E-state index in [9.17, 15) is 4.39 Å². The third kappa shape index (κ3) is 2.90. The molecule has 0 saturated carbocycles. The molecule has 0 aliphatic carbocycles. The normalized spacial score (nSPS) is 23.8. The molecule has 2 aliphatic rings. The second kappa shape index (κ2) is 6.50. The molecule has 0 spiro atoms. The van der Waals surface area contributed by atoms with Crippen molar-refractivity contribution in [3.8, 4) is 0 Å². The highest BCUT2D eigenvalue weighted by atomic mass is 19.1. The number of hydrogen-bond acceptors (Lipinski definition) is 2. The highest BCUT2D eigenvalue weighted by Crippen LogP contribution is 2.34. The SMILES string of the molecule is Cc1cccc(C2=CC3COCC(C2)N3Cc2ccccc2)c1F. The van der Waals surface area contributed by atoms with Gasteiger partial charge in [0.1, 0.15) is 5.82 Å². The molecule has 24 heavy (non-hydrogen) atoms. The molecule has 1 fully saturated rings. The van der Waals surface area contributed by atoms with Gasteiger partial charge in [-0.1, -0.05) is 54.6 Å². The first-order valence-corrected chi connectivity index (χ1v) is 8.56. The average Bonchev–Trinajstić information content (AvgIpc) is 2.58. The van der Waals surface area contributed by atoms with Gasteiger partial charge in [0.25, 0.3) is 0 Å². The van der Waals surface area contributed by atoms with Gasteiger partial charge < -0.3 is 4.74 Å². The lowest BCUT2D eigenvalue weighted by molar-refractivity contribution is -0.0403. The second-order valence-electron chi connectivity index (χ2n) is 6.75. The van der Waals surface area contributed by atoms with Crippen LogP contribution in [-0.2, 0) is 11.3 Å². The maximum absolute atomic E-state index is 14.5. The van der Waals surface area contributed by atoms with Gasteiger partial charge in [-0.05, 0) is 30.0 Å². The van der Waals surface area contributed by atoms with E-state index in [1.54, 1.807) is 0 Å². The largest absolute Gasteiger partial charge is 0.378 e. The van der Waals surface area contributed by atoms with Gasteiger partial charge in [-0.2, -0.15) is 0 Å². The quantitative estimate of drug-likeness (QED) is 0.840. The lowest BCUT2D eigenvalue weighted by atomic mass is 9.88. The Morgan fingerprint density at radius 3 is 2.71 bits per heavy atom. The number of rotatable bonds is 3. The van der Waals surface area contributed by atoms with E-state index in [4.69, 9.17) is 4.74 Å². The fourth-order valence-electron chi connectivity index (χ4n) is 3.80. The van der Waals surface area contributed by atoms with E-state index in [-0.39, 0.29) is 11.9 Å². The Morgan fingerprint density at radius 2 is 1.92 bits per heavy atom. The monoisotopic (exact) mass is 323 g/mol. The van der Waals surface area contributed by atoms with Gasteiger partial charge in [0.15, 0.2) is 0 Å². The van der Waals surface area contributed by atoms with Crippen molar-refractivity contribution in [3.63, 3.8) is 0 Å². The Kier molecular flexibility index (Phi) is 4.21. The summed E-state index contributed by atoms with van der Waals surface area (Å²) in [4.78, 5) is 2.50. The summed E-state index contributed by atoms with van der Waals surface area (Å²) in [5.41, 5.74) is 3.90. The van der Waals surface area contributed by atoms with Crippen LogP contribution < -0.4 is 0 Å². The Hall–Kier alpha value is -1.97. The fourth-order valence-corrected chi connectivity index (χ4v) is 3.80. The molecule has 0 N–H and O–H groups in total. The Balaban J connectivity index is 1.64. The van der Waals surface area contributed by atoms with Crippen LogP contribution in [0.2, 0.25) is 0 Å². The Labute approximate surface area is 142 Å². The van der Waals surface area contributed by atoms with E-state index in [0.29, 0.717) is 24.8 Å². The van der Waals surface area contributed by atoms with Crippen LogP contribution in [0.5, 0.6) is 0 Å². The molecular weight excluding hydrogens is 301 g/mol. The molecule has 2 aliphatic heterocycles. The lowest BCUT2D eigenvalue weighted by Crippen LogP contribution is -2.53. The predicted octanol–water partition coefficient (Wildman–Crippen LogP) is 4.19. The van der Waals surface area contributed by atoms with Crippen molar-refractivity contribution in [3.05, 3.63) is 77.1 Å². The minimum atomic E-state index is -0.0840. The zero-order valence-electron chi connectivity index (χ0n) is 13.9. The smallest absolute Gasteiger partial charge is 0.133 e. The minimum absolute atomic E-state index is 0.0840. The van der Waals surface area contributed by atoms with Gasteiger partial charge in [0.2, 0.25) is 0 Å². The van der Waals surface area contributed by atoms with Crippen LogP contribution in [-0.4, -0.2) is 30.2 Å². The van der Waals surface area contributed by atoms with Gasteiger partial charge >= 0.3 is 0 Å². The summed E-state index contributed by atoms with van der Waals surface area (Å²) in [5.74, 6) is -0.0840. The van der Waals surface area contributed by atoms with Crippen LogP contribution in [0.25, 0.3) is 5.57 Å². The standard InChI is InChI=1S/C21H22FNO/c1-15-6-5-9-20(21(15)22)17-10-18-13-24-14-19(11-17)23(18)12-16-7-3-2-4-8-16/h2-10,18-19H,11-14H2,1H3. The van der Waals surface area contributed by atoms with Crippen LogP contribution in [0, 0.1) is 12.7 Å². The zero-order valence-corrected chi connectivity index (χ0v) is 13.9. The highest BCUT2D eigenvalue weighted by Gasteiger charge is 2.35. The van der Waals surface area contributed by atoms with Crippen molar-refractivity contribution in [2.75, 3.05) is 13.2 Å². The second-order valence-corrected chi connectivity index (χ2v) is 6.75. The summed E-state index contributed by atoms with van der Waals surface area (Å²) in [6, 6.07) is 16.7. The molecule has 2 nitrogen and oxygen atoms in total. The van der Waals surface area contributed by atoms with E-state index in [0.717, 1.165) is 24.1 Å². The number of hydrogen-bond donors (Lipinski definition) is 0. The molecule has 4 rings (SSSR count). The van der Waals surface area contributed by atoms with Crippen molar-refractivity contribution < 1.29 is 9.13 Å². The van der Waals surface area contributed by atoms with Crippen LogP contribution in [0.3, 0.4) is 0 Å². The molecule has 2 bridgehead atoms. The third-order valence-corrected chi connectivity index (χ3v) is 5.09. The first-order valence-electron chi connectivity index (χ1n) is 8.56. The van der Waals surface area contributed by atoms with Crippen molar-refractivity contribution in [1.29, 1.82) is 0 Å². The first kappa shape index (κ1) is 15.6. The summed E-state index contributed by atoms with van der Waals surface area (Å²) in [6.45, 7) is 4.14. The number of morpholine rings is 1. The van der Waals surface area contributed by atoms with Gasteiger partial charge in [0, 0.05) is 18.2 Å². The van der Waals surface area contributed by atoms with Crippen LogP contribution in [0.4, 0.5) is 4.39 Å². The Bertz CT molecular complexity index is 756. The van der Waals surface area contributed by atoms with Gasteiger partial charge in [-0.15, -0.1) is 0 Å². The van der Waals surface area contributed by atoms with E-state index in [2.05, 4.69) is 35.2 Å².